The third-order valence-corrected chi connectivity index (χ3v) is 4.54. The quantitative estimate of drug-likeness (QED) is 0.691. The predicted octanol–water partition coefficient (Wildman–Crippen LogP) is 1.60. The molecule has 26 heavy (non-hydrogen) atoms. The maximum absolute atomic E-state index is 12.6. The predicted molar refractivity (Wildman–Crippen MR) is 93.8 cm³/mol. The lowest BCUT2D eigenvalue weighted by molar-refractivity contribution is -0.139. The van der Waals surface area contributed by atoms with Crippen LogP contribution in [-0.4, -0.2) is 59.9 Å². The Hall–Kier alpha value is -2.57. The van der Waals surface area contributed by atoms with Crippen LogP contribution < -0.4 is 9.47 Å². The van der Waals surface area contributed by atoms with Gasteiger partial charge < -0.3 is 14.4 Å². The van der Waals surface area contributed by atoms with Gasteiger partial charge in [0, 0.05) is 32.4 Å². The molecule has 0 radical (unpaired) electrons. The summed E-state index contributed by atoms with van der Waals surface area (Å²) in [5.41, 5.74) is 0. The molecule has 1 aromatic carbocycles. The monoisotopic (exact) mass is 360 g/mol. The fourth-order valence-corrected chi connectivity index (χ4v) is 3.22. The van der Waals surface area contributed by atoms with Crippen molar-refractivity contribution < 1.29 is 23.9 Å². The number of rotatable bonds is 7. The molecule has 7 heteroatoms. The standard InChI is InChI=1S/C19H24N2O5/c1-2-10-20(17(22)9-11-21-18(23)7-8-19(21)24)12-14-13-25-15-5-3-4-6-16(15)26-14/h3-6,14H,2,7-13H2,1H3/t14-/m1/s1. The van der Waals surface area contributed by atoms with Crippen LogP contribution in [0.4, 0.5) is 0 Å². The summed E-state index contributed by atoms with van der Waals surface area (Å²) in [6, 6.07) is 7.46. The highest BCUT2D eigenvalue weighted by molar-refractivity contribution is 6.02. The van der Waals surface area contributed by atoms with E-state index in [4.69, 9.17) is 9.47 Å². The molecule has 1 atom stereocenters. The van der Waals surface area contributed by atoms with Crippen LogP contribution in [0.2, 0.25) is 0 Å². The zero-order valence-electron chi connectivity index (χ0n) is 15.0. The van der Waals surface area contributed by atoms with Crippen molar-refractivity contribution in [3.05, 3.63) is 24.3 Å². The van der Waals surface area contributed by atoms with E-state index < -0.39 is 0 Å². The first kappa shape index (κ1) is 18.2. The number of likely N-dealkylation sites (tertiary alicyclic amines) is 1. The van der Waals surface area contributed by atoms with Crippen molar-refractivity contribution in [2.75, 3.05) is 26.2 Å². The van der Waals surface area contributed by atoms with E-state index in [9.17, 15) is 14.4 Å². The van der Waals surface area contributed by atoms with Gasteiger partial charge in [0.15, 0.2) is 17.6 Å². The average molecular weight is 360 g/mol. The van der Waals surface area contributed by atoms with E-state index >= 15 is 0 Å². The van der Waals surface area contributed by atoms with Gasteiger partial charge in [-0.05, 0) is 18.6 Å². The molecule has 2 aliphatic heterocycles. The minimum atomic E-state index is -0.240. The van der Waals surface area contributed by atoms with E-state index in [2.05, 4.69) is 0 Å². The minimum absolute atomic E-state index is 0.0817. The Morgan fingerprint density at radius 3 is 2.58 bits per heavy atom. The zero-order chi connectivity index (χ0) is 18.5. The molecule has 1 fully saturated rings. The molecular weight excluding hydrogens is 336 g/mol. The van der Waals surface area contributed by atoms with Gasteiger partial charge >= 0.3 is 0 Å². The molecule has 7 nitrogen and oxygen atoms in total. The van der Waals surface area contributed by atoms with Crippen LogP contribution in [0, 0.1) is 0 Å². The summed E-state index contributed by atoms with van der Waals surface area (Å²) in [6.45, 7) is 3.56. The van der Waals surface area contributed by atoms with Crippen LogP contribution in [0.3, 0.4) is 0 Å². The molecule has 0 aromatic heterocycles. The Balaban J connectivity index is 1.56. The van der Waals surface area contributed by atoms with Gasteiger partial charge in [-0.3, -0.25) is 19.3 Å². The molecule has 3 amide bonds. The number of hydrogen-bond acceptors (Lipinski definition) is 5. The molecule has 2 aliphatic rings. The van der Waals surface area contributed by atoms with Crippen molar-refractivity contribution in [2.45, 2.75) is 38.7 Å². The number of hydrogen-bond donors (Lipinski definition) is 0. The Labute approximate surface area is 152 Å². The van der Waals surface area contributed by atoms with Gasteiger partial charge in [0.05, 0.1) is 6.54 Å². The van der Waals surface area contributed by atoms with Gasteiger partial charge in [0.25, 0.3) is 0 Å². The summed E-state index contributed by atoms with van der Waals surface area (Å²) in [5.74, 6) is 0.932. The topological polar surface area (TPSA) is 76.2 Å². The number of fused-ring (bicyclic) bond motifs is 1. The Kier molecular flexibility index (Phi) is 5.75. The van der Waals surface area contributed by atoms with Gasteiger partial charge in [-0.2, -0.15) is 0 Å². The van der Waals surface area contributed by atoms with Gasteiger partial charge in [0.2, 0.25) is 17.7 Å². The molecule has 140 valence electrons. The summed E-state index contributed by atoms with van der Waals surface area (Å²) in [5, 5.41) is 0. The van der Waals surface area contributed by atoms with Crippen molar-refractivity contribution in [2.24, 2.45) is 0 Å². The first-order chi connectivity index (χ1) is 12.6. The third kappa shape index (κ3) is 4.15. The van der Waals surface area contributed by atoms with Gasteiger partial charge in [0.1, 0.15) is 6.61 Å². The summed E-state index contributed by atoms with van der Waals surface area (Å²) in [6.07, 6.45) is 1.21. The van der Waals surface area contributed by atoms with E-state index in [0.29, 0.717) is 31.2 Å². The summed E-state index contributed by atoms with van der Waals surface area (Å²) < 4.78 is 11.6. The van der Waals surface area contributed by atoms with Crippen LogP contribution in [-0.2, 0) is 14.4 Å². The number of imide groups is 1. The smallest absolute Gasteiger partial charge is 0.229 e. The van der Waals surface area contributed by atoms with Gasteiger partial charge in [-0.15, -0.1) is 0 Å². The molecule has 0 aliphatic carbocycles. The lowest BCUT2D eigenvalue weighted by atomic mass is 10.2. The molecular formula is C19H24N2O5. The second-order valence-electron chi connectivity index (χ2n) is 6.53. The van der Waals surface area contributed by atoms with E-state index in [-0.39, 0.29) is 49.6 Å². The highest BCUT2D eigenvalue weighted by Crippen LogP contribution is 2.31. The van der Waals surface area contributed by atoms with Gasteiger partial charge in [-0.1, -0.05) is 19.1 Å². The molecule has 1 aromatic rings. The summed E-state index contributed by atoms with van der Waals surface area (Å²) >= 11 is 0. The molecule has 1 saturated heterocycles. The van der Waals surface area contributed by atoms with Crippen molar-refractivity contribution in [1.82, 2.24) is 9.80 Å². The molecule has 0 saturated carbocycles. The second-order valence-corrected chi connectivity index (χ2v) is 6.53. The Morgan fingerprint density at radius 2 is 1.88 bits per heavy atom. The first-order valence-electron chi connectivity index (χ1n) is 9.08. The second kappa shape index (κ2) is 8.21. The summed E-state index contributed by atoms with van der Waals surface area (Å²) in [4.78, 5) is 38.9. The fourth-order valence-electron chi connectivity index (χ4n) is 3.22. The third-order valence-electron chi connectivity index (χ3n) is 4.54. The number of para-hydroxylation sites is 2. The number of carbonyl (C=O) groups excluding carboxylic acids is 3. The number of ether oxygens (including phenoxy) is 2. The molecule has 0 spiro atoms. The van der Waals surface area contributed by atoms with Crippen molar-refractivity contribution >= 4 is 17.7 Å². The SMILES string of the molecule is CCCN(C[C@@H]1COc2ccccc2O1)C(=O)CCN1C(=O)CCC1=O. The zero-order valence-corrected chi connectivity index (χ0v) is 15.0. The number of carbonyl (C=O) groups is 3. The Morgan fingerprint density at radius 1 is 1.19 bits per heavy atom. The lowest BCUT2D eigenvalue weighted by Crippen LogP contribution is -2.45. The van der Waals surface area contributed by atoms with E-state index in [1.807, 2.05) is 31.2 Å². The maximum Gasteiger partial charge on any atom is 0.229 e. The normalized spacial score (nSPS) is 19.0. The first-order valence-corrected chi connectivity index (χ1v) is 9.08. The van der Waals surface area contributed by atoms with E-state index in [1.54, 1.807) is 4.90 Å². The van der Waals surface area contributed by atoms with E-state index in [0.717, 1.165) is 6.42 Å². The van der Waals surface area contributed by atoms with Crippen LogP contribution in [0.1, 0.15) is 32.6 Å². The van der Waals surface area contributed by atoms with Crippen LogP contribution in [0.25, 0.3) is 0 Å². The van der Waals surface area contributed by atoms with Crippen molar-refractivity contribution in [3.8, 4) is 11.5 Å². The van der Waals surface area contributed by atoms with Crippen LogP contribution >= 0.6 is 0 Å². The molecule has 0 unspecified atom stereocenters. The lowest BCUT2D eigenvalue weighted by Gasteiger charge is -2.31. The van der Waals surface area contributed by atoms with Crippen molar-refractivity contribution in [3.63, 3.8) is 0 Å². The highest BCUT2D eigenvalue weighted by Gasteiger charge is 2.30. The maximum atomic E-state index is 12.6. The Bertz CT molecular complexity index is 674. The average Bonchev–Trinajstić information content (AvgIpc) is 2.97. The van der Waals surface area contributed by atoms with Crippen LogP contribution in [0.5, 0.6) is 11.5 Å². The number of amides is 3. The fraction of sp³-hybridized carbons (Fsp3) is 0.526. The van der Waals surface area contributed by atoms with Crippen molar-refractivity contribution in [1.29, 1.82) is 0 Å². The molecule has 2 heterocycles. The number of nitrogens with zero attached hydrogens (tertiary/aromatic N) is 2. The molecule has 3 rings (SSSR count). The highest BCUT2D eigenvalue weighted by atomic mass is 16.6. The summed E-state index contributed by atoms with van der Waals surface area (Å²) in [7, 11) is 0. The number of benzene rings is 1. The van der Waals surface area contributed by atoms with E-state index in [1.165, 1.54) is 4.90 Å². The largest absolute Gasteiger partial charge is 0.486 e. The molecule has 0 N–H and O–H groups in total. The van der Waals surface area contributed by atoms with Gasteiger partial charge in [-0.25, -0.2) is 0 Å². The minimum Gasteiger partial charge on any atom is -0.486 e. The van der Waals surface area contributed by atoms with Crippen LogP contribution in [0.15, 0.2) is 24.3 Å². The molecule has 0 bridgehead atoms.